The van der Waals surface area contributed by atoms with Gasteiger partial charge in [0, 0.05) is 50.8 Å². The van der Waals surface area contributed by atoms with Crippen molar-refractivity contribution in [2.45, 2.75) is 163 Å². The standard InChI is InChI=1S/C75H80BN3/c1-70(2,3)55-27-31-63(59(40-55)50-23-17-14-18-24-50)78-65-32-28-56(71(4,5)6)41-62(65)76-61-38-53-46-73(9,10)47-54(53)39-66(61)77(57-29-26-51-44-72(7,8)45-52(51)37-57)67-42-58(43-68(78)69(67)76)79-64-30-25-49(35-48-21-15-13-16-22-48)36-60(64)74(11)33-19-20-34-75(74,79)12/h13-18,21-32,36-43H,19-20,33-35,44-47H2,1-12H3. The number of fused-ring (bicyclic) bond motifs is 9. The van der Waals surface area contributed by atoms with E-state index in [1.807, 2.05) is 0 Å². The first-order valence-corrected chi connectivity index (χ1v) is 30.0. The summed E-state index contributed by atoms with van der Waals surface area (Å²) in [5.74, 6) is 0. The lowest BCUT2D eigenvalue weighted by Crippen LogP contribution is -2.62. The van der Waals surface area contributed by atoms with Crippen LogP contribution in [0.15, 0.2) is 158 Å². The third-order valence-electron chi connectivity index (χ3n) is 20.2. The molecular formula is C75H80BN3. The minimum absolute atomic E-state index is 0.0113. The summed E-state index contributed by atoms with van der Waals surface area (Å²) in [6.45, 7) is 29.3. The van der Waals surface area contributed by atoms with Gasteiger partial charge in [-0.15, -0.1) is 0 Å². The van der Waals surface area contributed by atoms with Crippen LogP contribution in [-0.2, 0) is 48.3 Å². The van der Waals surface area contributed by atoms with Crippen molar-refractivity contribution in [3.8, 4) is 11.1 Å². The van der Waals surface area contributed by atoms with Crippen LogP contribution in [0.2, 0.25) is 0 Å². The Morgan fingerprint density at radius 3 is 1.72 bits per heavy atom. The molecule has 0 spiro atoms. The highest BCUT2D eigenvalue weighted by Crippen LogP contribution is 2.62. The van der Waals surface area contributed by atoms with Crippen molar-refractivity contribution in [1.82, 2.24) is 0 Å². The van der Waals surface area contributed by atoms with Gasteiger partial charge in [0.15, 0.2) is 0 Å². The highest BCUT2D eigenvalue weighted by atomic mass is 15.3. The average Bonchev–Trinajstić information content (AvgIpc) is 4.24. The molecule has 3 aliphatic heterocycles. The van der Waals surface area contributed by atoms with Crippen molar-refractivity contribution in [3.63, 3.8) is 0 Å². The monoisotopic (exact) mass is 1030 g/mol. The molecule has 0 N–H and O–H groups in total. The number of anilines is 8. The van der Waals surface area contributed by atoms with Crippen molar-refractivity contribution in [1.29, 1.82) is 0 Å². The van der Waals surface area contributed by atoms with E-state index in [0.29, 0.717) is 0 Å². The summed E-state index contributed by atoms with van der Waals surface area (Å²) in [5.41, 5.74) is 30.2. The maximum atomic E-state index is 2.86. The summed E-state index contributed by atoms with van der Waals surface area (Å²) < 4.78 is 0. The summed E-state index contributed by atoms with van der Waals surface area (Å²) in [6, 6.07) is 63.0. The molecule has 14 rings (SSSR count). The molecule has 3 heterocycles. The molecule has 1 saturated carbocycles. The maximum absolute atomic E-state index is 2.86. The van der Waals surface area contributed by atoms with Gasteiger partial charge in [0.25, 0.3) is 6.71 Å². The number of hydrogen-bond donors (Lipinski definition) is 0. The van der Waals surface area contributed by atoms with E-state index in [0.717, 1.165) is 38.5 Å². The SMILES string of the molecule is CC1(C)Cc2ccc(N3c4cc5c(cc4B4c6cc(C(C)(C)C)ccc6N(c6ccc(C(C)(C)C)cc6-c6ccccc6)c6cc(N7c8ccc(Cc9ccccc9)cc8C8(C)CCCCC78C)cc3c64)CC(C)(C)C5)cc2C1. The lowest BCUT2D eigenvalue weighted by Gasteiger charge is -2.51. The Morgan fingerprint density at radius 2 is 1.03 bits per heavy atom. The fraction of sp³-hybridized carbons (Fsp3) is 0.360. The van der Waals surface area contributed by atoms with Gasteiger partial charge in [-0.3, -0.25) is 0 Å². The quantitative estimate of drug-likeness (QED) is 0.154. The second-order valence-corrected chi connectivity index (χ2v) is 29.2. The Labute approximate surface area is 473 Å². The van der Waals surface area contributed by atoms with Crippen molar-refractivity contribution >= 4 is 68.6 Å². The van der Waals surface area contributed by atoms with E-state index >= 15 is 0 Å². The van der Waals surface area contributed by atoms with Crippen LogP contribution in [0, 0.1) is 10.8 Å². The number of hydrogen-bond acceptors (Lipinski definition) is 3. The summed E-state index contributed by atoms with van der Waals surface area (Å²) in [6.07, 6.45) is 10.1. The largest absolute Gasteiger partial charge is 0.334 e. The molecule has 0 radical (unpaired) electrons. The van der Waals surface area contributed by atoms with Gasteiger partial charge in [0.05, 0.1) is 11.2 Å². The van der Waals surface area contributed by atoms with Gasteiger partial charge in [-0.25, -0.2) is 0 Å². The fourth-order valence-corrected chi connectivity index (χ4v) is 16.0. The second-order valence-electron chi connectivity index (χ2n) is 29.2. The molecule has 6 aliphatic rings. The molecule has 8 aromatic rings. The number of benzene rings is 8. The molecule has 0 saturated heterocycles. The van der Waals surface area contributed by atoms with Gasteiger partial charge >= 0.3 is 0 Å². The van der Waals surface area contributed by atoms with Crippen molar-refractivity contribution < 1.29 is 0 Å². The molecule has 1 fully saturated rings. The molecule has 0 bridgehead atoms. The molecule has 3 nitrogen and oxygen atoms in total. The summed E-state index contributed by atoms with van der Waals surface area (Å²) in [5, 5.41) is 0. The molecule has 2 atom stereocenters. The van der Waals surface area contributed by atoms with E-state index in [2.05, 4.69) is 256 Å². The first-order valence-electron chi connectivity index (χ1n) is 30.0. The van der Waals surface area contributed by atoms with Crippen LogP contribution in [0.5, 0.6) is 0 Å². The van der Waals surface area contributed by atoms with Gasteiger partial charge in [0.1, 0.15) is 0 Å². The molecule has 2 unspecified atom stereocenters. The molecule has 79 heavy (non-hydrogen) atoms. The predicted molar refractivity (Wildman–Crippen MR) is 338 cm³/mol. The zero-order valence-electron chi connectivity index (χ0n) is 49.3. The Hall–Kier alpha value is -6.78. The first kappa shape index (κ1) is 50.4. The molecule has 398 valence electrons. The number of rotatable bonds is 6. The van der Waals surface area contributed by atoms with Gasteiger partial charge < -0.3 is 14.7 Å². The normalized spacial score (nSPS) is 21.0. The van der Waals surface area contributed by atoms with Gasteiger partial charge in [-0.1, -0.05) is 192 Å². The zero-order valence-corrected chi connectivity index (χ0v) is 49.3. The van der Waals surface area contributed by atoms with E-state index in [9.17, 15) is 0 Å². The van der Waals surface area contributed by atoms with E-state index in [-0.39, 0.29) is 39.3 Å². The van der Waals surface area contributed by atoms with Gasteiger partial charge in [-0.05, 0) is 200 Å². The third kappa shape index (κ3) is 7.95. The maximum Gasteiger partial charge on any atom is 0.252 e. The average molecular weight is 1030 g/mol. The number of nitrogens with zero attached hydrogens (tertiary/aromatic N) is 3. The molecule has 0 aromatic heterocycles. The van der Waals surface area contributed by atoms with E-state index in [4.69, 9.17) is 0 Å². The fourth-order valence-electron chi connectivity index (χ4n) is 16.0. The van der Waals surface area contributed by atoms with E-state index in [1.165, 1.54) is 142 Å². The third-order valence-corrected chi connectivity index (χ3v) is 20.2. The Bertz CT molecular complexity index is 3800. The Balaban J connectivity index is 1.10. The molecule has 8 aromatic carbocycles. The highest BCUT2D eigenvalue weighted by molar-refractivity contribution is 7.00. The summed E-state index contributed by atoms with van der Waals surface area (Å²) >= 11 is 0. The lowest BCUT2D eigenvalue weighted by atomic mass is 9.33. The van der Waals surface area contributed by atoms with Crippen molar-refractivity contribution in [2.75, 3.05) is 14.7 Å². The van der Waals surface area contributed by atoms with Crippen molar-refractivity contribution in [3.05, 3.63) is 208 Å². The Morgan fingerprint density at radius 1 is 0.443 bits per heavy atom. The molecule has 0 amide bonds. The van der Waals surface area contributed by atoms with Crippen LogP contribution in [0.4, 0.5) is 45.5 Å². The molecule has 4 heteroatoms. The highest BCUT2D eigenvalue weighted by Gasteiger charge is 2.58. The lowest BCUT2D eigenvalue weighted by molar-refractivity contribution is 0.195. The van der Waals surface area contributed by atoms with Crippen molar-refractivity contribution in [2.24, 2.45) is 10.8 Å². The van der Waals surface area contributed by atoms with Crippen LogP contribution in [-0.4, -0.2) is 12.3 Å². The smallest absolute Gasteiger partial charge is 0.252 e. The molecular weight excluding hydrogens is 954 g/mol. The van der Waals surface area contributed by atoms with Gasteiger partial charge in [0.2, 0.25) is 0 Å². The second kappa shape index (κ2) is 17.4. The minimum Gasteiger partial charge on any atom is -0.334 e. The summed E-state index contributed by atoms with van der Waals surface area (Å²) in [7, 11) is 0. The zero-order chi connectivity index (χ0) is 54.8. The van der Waals surface area contributed by atoms with Crippen LogP contribution in [0.1, 0.15) is 159 Å². The first-order chi connectivity index (χ1) is 37.6. The van der Waals surface area contributed by atoms with Crippen LogP contribution in [0.3, 0.4) is 0 Å². The molecule has 3 aliphatic carbocycles. The van der Waals surface area contributed by atoms with Crippen LogP contribution < -0.4 is 31.1 Å². The van der Waals surface area contributed by atoms with E-state index in [1.54, 1.807) is 0 Å². The van der Waals surface area contributed by atoms with Gasteiger partial charge in [-0.2, -0.15) is 0 Å². The topological polar surface area (TPSA) is 9.72 Å². The van der Waals surface area contributed by atoms with Crippen LogP contribution in [0.25, 0.3) is 11.1 Å². The minimum atomic E-state index is -0.162. The Kier molecular flexibility index (Phi) is 11.1. The predicted octanol–water partition coefficient (Wildman–Crippen LogP) is 17.6. The van der Waals surface area contributed by atoms with E-state index < -0.39 is 0 Å². The summed E-state index contributed by atoms with van der Waals surface area (Å²) in [4.78, 5) is 8.34. The van der Waals surface area contributed by atoms with Crippen LogP contribution >= 0.6 is 0 Å².